The molecule has 3 rings (SSSR count). The Morgan fingerprint density at radius 3 is 2.52 bits per heavy atom. The molecule has 0 amide bonds. The van der Waals surface area contributed by atoms with E-state index in [1.165, 1.54) is 12.1 Å². The predicted octanol–water partition coefficient (Wildman–Crippen LogP) is 5.72. The average molecular weight is 366 g/mol. The maximum absolute atomic E-state index is 13.5. The normalized spacial score (nSPS) is 10.8. The van der Waals surface area contributed by atoms with Crippen molar-refractivity contribution in [2.45, 2.75) is 0 Å². The number of halogens is 3. The van der Waals surface area contributed by atoms with E-state index in [1.807, 2.05) is 36.4 Å². The summed E-state index contributed by atoms with van der Waals surface area (Å²) in [5.41, 5.74) is 7.58. The van der Waals surface area contributed by atoms with Crippen LogP contribution in [0.2, 0.25) is 5.02 Å². The molecule has 0 aliphatic carbocycles. The van der Waals surface area contributed by atoms with Crippen molar-refractivity contribution in [3.63, 3.8) is 0 Å². The van der Waals surface area contributed by atoms with Crippen LogP contribution in [-0.2, 0) is 0 Å². The highest BCUT2D eigenvalue weighted by Gasteiger charge is 2.07. The van der Waals surface area contributed by atoms with Gasteiger partial charge in [-0.05, 0) is 41.1 Å². The van der Waals surface area contributed by atoms with Crippen LogP contribution in [0.3, 0.4) is 0 Å². The van der Waals surface area contributed by atoms with Crippen LogP contribution in [0.4, 0.5) is 21.5 Å². The zero-order valence-electron chi connectivity index (χ0n) is 10.8. The van der Waals surface area contributed by atoms with Crippen molar-refractivity contribution in [2.75, 3.05) is 11.1 Å². The summed E-state index contributed by atoms with van der Waals surface area (Å²) in [7, 11) is 0. The molecule has 0 saturated carbocycles. The molecular formula is C16H11BrClFN2. The molecule has 0 aromatic heterocycles. The molecule has 0 aliphatic rings. The maximum atomic E-state index is 13.5. The number of hydrogen-bond acceptors (Lipinski definition) is 2. The number of benzene rings is 3. The molecule has 0 saturated heterocycles. The summed E-state index contributed by atoms with van der Waals surface area (Å²) in [6.45, 7) is 0. The third-order valence-corrected chi connectivity index (χ3v) is 3.96. The minimum atomic E-state index is -0.502. The summed E-state index contributed by atoms with van der Waals surface area (Å²) < 4.78 is 14.6. The number of anilines is 3. The van der Waals surface area contributed by atoms with Crippen LogP contribution in [0.5, 0.6) is 0 Å². The van der Waals surface area contributed by atoms with Gasteiger partial charge in [0, 0.05) is 16.2 Å². The predicted molar refractivity (Wildman–Crippen MR) is 90.8 cm³/mol. The first-order chi connectivity index (χ1) is 10.0. The van der Waals surface area contributed by atoms with Crippen molar-refractivity contribution in [3.8, 4) is 0 Å². The van der Waals surface area contributed by atoms with Gasteiger partial charge in [0.15, 0.2) is 0 Å². The Bertz CT molecular complexity index is 836. The van der Waals surface area contributed by atoms with Crippen molar-refractivity contribution in [1.29, 1.82) is 0 Å². The minimum Gasteiger partial charge on any atom is -0.397 e. The molecule has 3 N–H and O–H groups in total. The molecule has 3 aromatic carbocycles. The van der Waals surface area contributed by atoms with Crippen LogP contribution in [0.25, 0.3) is 10.8 Å². The van der Waals surface area contributed by atoms with Crippen LogP contribution < -0.4 is 11.1 Å². The lowest BCUT2D eigenvalue weighted by Crippen LogP contribution is -1.97. The lowest BCUT2D eigenvalue weighted by molar-refractivity contribution is 0.629. The Morgan fingerprint density at radius 2 is 1.71 bits per heavy atom. The van der Waals surface area contributed by atoms with E-state index < -0.39 is 5.82 Å². The number of nitrogen functional groups attached to an aromatic ring is 1. The molecule has 0 heterocycles. The molecule has 0 spiro atoms. The quantitative estimate of drug-likeness (QED) is 0.570. The summed E-state index contributed by atoms with van der Waals surface area (Å²) in [6, 6.07) is 14.6. The summed E-state index contributed by atoms with van der Waals surface area (Å²) in [6.07, 6.45) is 0. The molecule has 0 radical (unpaired) electrons. The molecule has 106 valence electrons. The van der Waals surface area contributed by atoms with E-state index in [-0.39, 0.29) is 5.02 Å². The van der Waals surface area contributed by atoms with Gasteiger partial charge >= 0.3 is 0 Å². The first-order valence-electron chi connectivity index (χ1n) is 6.24. The van der Waals surface area contributed by atoms with E-state index in [0.717, 1.165) is 20.9 Å². The van der Waals surface area contributed by atoms with Crippen molar-refractivity contribution in [1.82, 2.24) is 0 Å². The molecule has 0 unspecified atom stereocenters. The van der Waals surface area contributed by atoms with Gasteiger partial charge in [0.05, 0.1) is 16.4 Å². The van der Waals surface area contributed by atoms with Gasteiger partial charge in [0.2, 0.25) is 0 Å². The molecule has 0 fully saturated rings. The molecule has 21 heavy (non-hydrogen) atoms. The topological polar surface area (TPSA) is 38.0 Å². The van der Waals surface area contributed by atoms with E-state index in [4.69, 9.17) is 17.3 Å². The molecule has 0 atom stereocenters. The van der Waals surface area contributed by atoms with Gasteiger partial charge in [-0.25, -0.2) is 4.39 Å². The molecule has 3 aromatic rings. The SMILES string of the molecule is Nc1cc(Cl)c(F)cc1Nc1ccc2cc(Br)ccc2c1. The van der Waals surface area contributed by atoms with E-state index >= 15 is 0 Å². The van der Waals surface area contributed by atoms with Crippen LogP contribution in [-0.4, -0.2) is 0 Å². The highest BCUT2D eigenvalue weighted by molar-refractivity contribution is 9.10. The number of hydrogen-bond donors (Lipinski definition) is 2. The second-order valence-corrected chi connectivity index (χ2v) is 6.01. The summed E-state index contributed by atoms with van der Waals surface area (Å²) in [5.74, 6) is -0.502. The molecule has 0 aliphatic heterocycles. The molecular weight excluding hydrogens is 355 g/mol. The Hall–Kier alpha value is -1.78. The fraction of sp³-hybridized carbons (Fsp3) is 0. The zero-order valence-corrected chi connectivity index (χ0v) is 13.2. The van der Waals surface area contributed by atoms with Gasteiger partial charge in [-0.15, -0.1) is 0 Å². The van der Waals surface area contributed by atoms with Gasteiger partial charge in [0.25, 0.3) is 0 Å². The van der Waals surface area contributed by atoms with Gasteiger partial charge in [0.1, 0.15) is 5.82 Å². The second kappa shape index (κ2) is 5.54. The fourth-order valence-corrected chi connectivity index (χ4v) is 2.67. The van der Waals surface area contributed by atoms with Crippen molar-refractivity contribution in [2.24, 2.45) is 0 Å². The van der Waals surface area contributed by atoms with Crippen molar-refractivity contribution < 1.29 is 4.39 Å². The molecule has 0 bridgehead atoms. The first-order valence-corrected chi connectivity index (χ1v) is 7.41. The number of nitrogens with one attached hydrogen (secondary N) is 1. The van der Waals surface area contributed by atoms with Gasteiger partial charge < -0.3 is 11.1 Å². The summed E-state index contributed by atoms with van der Waals surface area (Å²) >= 11 is 9.14. The fourth-order valence-electron chi connectivity index (χ4n) is 2.12. The van der Waals surface area contributed by atoms with Gasteiger partial charge in [-0.2, -0.15) is 0 Å². The van der Waals surface area contributed by atoms with E-state index in [2.05, 4.69) is 21.2 Å². The van der Waals surface area contributed by atoms with E-state index in [0.29, 0.717) is 11.4 Å². The van der Waals surface area contributed by atoms with Crippen LogP contribution >= 0.6 is 27.5 Å². The van der Waals surface area contributed by atoms with Crippen LogP contribution in [0, 0.1) is 5.82 Å². The lowest BCUT2D eigenvalue weighted by atomic mass is 10.1. The standard InChI is InChI=1S/C16H11BrClFN2/c17-11-3-1-10-6-12(4-2-9(10)5-11)21-16-8-14(19)13(18)7-15(16)20/h1-8,21H,20H2. The highest BCUT2D eigenvalue weighted by Crippen LogP contribution is 2.30. The van der Waals surface area contributed by atoms with Crippen LogP contribution in [0.1, 0.15) is 0 Å². The minimum absolute atomic E-state index is 0.0152. The summed E-state index contributed by atoms with van der Waals surface area (Å²) in [4.78, 5) is 0. The average Bonchev–Trinajstić information content (AvgIpc) is 2.45. The Kier molecular flexibility index (Phi) is 3.74. The Morgan fingerprint density at radius 1 is 1.00 bits per heavy atom. The van der Waals surface area contributed by atoms with Crippen molar-refractivity contribution in [3.05, 3.63) is 63.8 Å². The first kappa shape index (κ1) is 14.2. The highest BCUT2D eigenvalue weighted by atomic mass is 79.9. The van der Waals surface area contributed by atoms with Crippen LogP contribution in [0.15, 0.2) is 53.0 Å². The molecule has 5 heteroatoms. The third kappa shape index (κ3) is 2.96. The van der Waals surface area contributed by atoms with Crippen molar-refractivity contribution >= 4 is 55.4 Å². The molecule has 2 nitrogen and oxygen atoms in total. The smallest absolute Gasteiger partial charge is 0.144 e. The zero-order chi connectivity index (χ0) is 15.0. The van der Waals surface area contributed by atoms with E-state index in [9.17, 15) is 4.39 Å². The number of rotatable bonds is 2. The van der Waals surface area contributed by atoms with E-state index in [1.54, 1.807) is 0 Å². The maximum Gasteiger partial charge on any atom is 0.144 e. The lowest BCUT2D eigenvalue weighted by Gasteiger charge is -2.11. The van der Waals surface area contributed by atoms with Gasteiger partial charge in [-0.1, -0.05) is 39.7 Å². The second-order valence-electron chi connectivity index (χ2n) is 4.68. The van der Waals surface area contributed by atoms with Gasteiger partial charge in [-0.3, -0.25) is 0 Å². The number of nitrogens with two attached hydrogens (primary N) is 1. The Labute approximate surface area is 134 Å². The summed E-state index contributed by atoms with van der Waals surface area (Å²) in [5, 5.41) is 5.32. The monoisotopic (exact) mass is 364 g/mol. The number of fused-ring (bicyclic) bond motifs is 1. The largest absolute Gasteiger partial charge is 0.397 e. The third-order valence-electron chi connectivity index (χ3n) is 3.17. The Balaban J connectivity index is 1.98.